The molecule has 0 radical (unpaired) electrons. The first-order chi connectivity index (χ1) is 9.92. The van der Waals surface area contributed by atoms with Crippen molar-refractivity contribution in [2.24, 2.45) is 0 Å². The van der Waals surface area contributed by atoms with Gasteiger partial charge in [-0.1, -0.05) is 43.2 Å². The highest BCUT2D eigenvalue weighted by molar-refractivity contribution is 5.61. The highest BCUT2D eigenvalue weighted by Crippen LogP contribution is 2.18. The summed E-state index contributed by atoms with van der Waals surface area (Å²) in [6, 6.07) is 11.2. The molecule has 1 aliphatic carbocycles. The molecule has 0 aliphatic heterocycles. The minimum absolute atomic E-state index is 0.771. The molecule has 1 aromatic heterocycles. The van der Waals surface area contributed by atoms with Crippen LogP contribution < -0.4 is 5.32 Å². The van der Waals surface area contributed by atoms with Crippen LogP contribution in [0.1, 0.15) is 32.1 Å². The van der Waals surface area contributed by atoms with Gasteiger partial charge in [-0.05, 0) is 31.4 Å². The van der Waals surface area contributed by atoms with Crippen molar-refractivity contribution >= 4 is 0 Å². The maximum Gasteiger partial charge on any atom is 0.0568 e. The summed E-state index contributed by atoms with van der Waals surface area (Å²) in [6.45, 7) is 2.09. The van der Waals surface area contributed by atoms with Crippen LogP contribution in [0.4, 0.5) is 0 Å². The molecule has 0 spiro atoms. The predicted molar refractivity (Wildman–Crippen MR) is 82.5 cm³/mol. The molecule has 2 aromatic rings. The van der Waals surface area contributed by atoms with Gasteiger partial charge in [-0.2, -0.15) is 5.10 Å². The molecule has 0 atom stereocenters. The van der Waals surface area contributed by atoms with Crippen LogP contribution in [0, 0.1) is 0 Å². The molecule has 0 amide bonds. The fourth-order valence-electron chi connectivity index (χ4n) is 2.94. The topological polar surface area (TPSA) is 29.9 Å². The molecule has 3 nitrogen and oxygen atoms in total. The van der Waals surface area contributed by atoms with E-state index >= 15 is 0 Å². The van der Waals surface area contributed by atoms with Gasteiger partial charge in [0.05, 0.1) is 6.20 Å². The van der Waals surface area contributed by atoms with Gasteiger partial charge in [0.15, 0.2) is 0 Å². The van der Waals surface area contributed by atoms with Crippen molar-refractivity contribution in [3.63, 3.8) is 0 Å². The number of aryl methyl sites for hydroxylation is 1. The molecule has 1 N–H and O–H groups in total. The second-order valence-corrected chi connectivity index (χ2v) is 5.65. The zero-order valence-corrected chi connectivity index (χ0v) is 12.0. The summed E-state index contributed by atoms with van der Waals surface area (Å²) >= 11 is 0. The maximum atomic E-state index is 4.45. The molecule has 0 saturated heterocycles. The SMILES string of the molecule is c1ccc(-c2cnn(CCCNC3CCCC3)c2)cc1. The van der Waals surface area contributed by atoms with Gasteiger partial charge in [-0.25, -0.2) is 0 Å². The first kappa shape index (κ1) is 13.4. The lowest BCUT2D eigenvalue weighted by atomic mass is 10.1. The van der Waals surface area contributed by atoms with Gasteiger partial charge >= 0.3 is 0 Å². The van der Waals surface area contributed by atoms with Crippen LogP contribution in [0.25, 0.3) is 11.1 Å². The van der Waals surface area contributed by atoms with Crippen LogP contribution in [0.2, 0.25) is 0 Å². The summed E-state index contributed by atoms with van der Waals surface area (Å²) < 4.78 is 2.05. The highest BCUT2D eigenvalue weighted by Gasteiger charge is 2.13. The van der Waals surface area contributed by atoms with Crippen LogP contribution in [0.15, 0.2) is 42.7 Å². The van der Waals surface area contributed by atoms with Gasteiger partial charge in [0, 0.05) is 24.3 Å². The van der Waals surface area contributed by atoms with Crippen molar-refractivity contribution in [3.05, 3.63) is 42.7 Å². The summed E-state index contributed by atoms with van der Waals surface area (Å²) in [6.07, 6.45) is 10.8. The minimum Gasteiger partial charge on any atom is -0.314 e. The Morgan fingerprint density at radius 1 is 1.10 bits per heavy atom. The first-order valence-corrected chi connectivity index (χ1v) is 7.73. The number of aromatic nitrogens is 2. The quantitative estimate of drug-likeness (QED) is 0.814. The zero-order chi connectivity index (χ0) is 13.6. The standard InChI is InChI=1S/C17H23N3/c1-2-7-15(8-3-1)16-13-19-20(14-16)12-6-11-18-17-9-4-5-10-17/h1-3,7-8,13-14,17-18H,4-6,9-12H2. The Kier molecular flexibility index (Phi) is 4.49. The molecule has 0 bridgehead atoms. The number of rotatable bonds is 6. The Hall–Kier alpha value is -1.61. The molecule has 1 saturated carbocycles. The zero-order valence-electron chi connectivity index (χ0n) is 12.0. The number of benzene rings is 1. The van der Waals surface area contributed by atoms with E-state index in [1.165, 1.54) is 36.8 Å². The molecule has 1 fully saturated rings. The highest BCUT2D eigenvalue weighted by atomic mass is 15.3. The van der Waals surface area contributed by atoms with E-state index in [0.29, 0.717) is 0 Å². The van der Waals surface area contributed by atoms with Crippen molar-refractivity contribution < 1.29 is 0 Å². The van der Waals surface area contributed by atoms with Crippen molar-refractivity contribution in [3.8, 4) is 11.1 Å². The Balaban J connectivity index is 1.45. The molecule has 0 unspecified atom stereocenters. The van der Waals surface area contributed by atoms with E-state index in [0.717, 1.165) is 25.6 Å². The fourth-order valence-corrected chi connectivity index (χ4v) is 2.94. The van der Waals surface area contributed by atoms with Crippen molar-refractivity contribution in [1.29, 1.82) is 0 Å². The normalized spacial score (nSPS) is 15.8. The fraction of sp³-hybridized carbons (Fsp3) is 0.471. The Labute approximate surface area is 121 Å². The lowest BCUT2D eigenvalue weighted by Gasteiger charge is -2.11. The summed E-state index contributed by atoms with van der Waals surface area (Å²) in [5.74, 6) is 0. The lowest BCUT2D eigenvalue weighted by Crippen LogP contribution is -2.27. The number of hydrogen-bond acceptors (Lipinski definition) is 2. The number of nitrogens with one attached hydrogen (secondary N) is 1. The van der Waals surface area contributed by atoms with Gasteiger partial charge < -0.3 is 5.32 Å². The van der Waals surface area contributed by atoms with Gasteiger partial charge in [0.2, 0.25) is 0 Å². The van der Waals surface area contributed by atoms with Crippen molar-refractivity contribution in [2.45, 2.75) is 44.7 Å². The molecule has 1 aliphatic rings. The predicted octanol–water partition coefficient (Wildman–Crippen LogP) is 3.47. The van der Waals surface area contributed by atoms with E-state index in [1.54, 1.807) is 0 Å². The van der Waals surface area contributed by atoms with E-state index in [1.807, 2.05) is 12.3 Å². The monoisotopic (exact) mass is 269 g/mol. The third kappa shape index (κ3) is 3.48. The van der Waals surface area contributed by atoms with Gasteiger partial charge in [-0.15, -0.1) is 0 Å². The summed E-state index contributed by atoms with van der Waals surface area (Å²) in [5, 5.41) is 8.10. The van der Waals surface area contributed by atoms with Crippen molar-refractivity contribution in [1.82, 2.24) is 15.1 Å². The second kappa shape index (κ2) is 6.71. The largest absolute Gasteiger partial charge is 0.314 e. The summed E-state index contributed by atoms with van der Waals surface area (Å²) in [5.41, 5.74) is 2.44. The first-order valence-electron chi connectivity index (χ1n) is 7.73. The molecule has 106 valence electrons. The minimum atomic E-state index is 0.771. The van der Waals surface area contributed by atoms with Gasteiger partial charge in [0.25, 0.3) is 0 Å². The second-order valence-electron chi connectivity index (χ2n) is 5.65. The van der Waals surface area contributed by atoms with E-state index < -0.39 is 0 Å². The van der Waals surface area contributed by atoms with Crippen molar-refractivity contribution in [2.75, 3.05) is 6.54 Å². The Bertz CT molecular complexity index is 512. The lowest BCUT2D eigenvalue weighted by molar-refractivity contribution is 0.483. The number of nitrogens with zero attached hydrogens (tertiary/aromatic N) is 2. The van der Waals surface area contributed by atoms with Crippen LogP contribution >= 0.6 is 0 Å². The van der Waals surface area contributed by atoms with E-state index in [4.69, 9.17) is 0 Å². The van der Waals surface area contributed by atoms with E-state index in [2.05, 4.69) is 45.6 Å². The van der Waals surface area contributed by atoms with Crippen LogP contribution in [-0.4, -0.2) is 22.4 Å². The molecule has 3 heteroatoms. The van der Waals surface area contributed by atoms with Gasteiger partial charge in [0.1, 0.15) is 0 Å². The molecule has 1 aromatic carbocycles. The number of hydrogen-bond donors (Lipinski definition) is 1. The van der Waals surface area contributed by atoms with Crippen LogP contribution in [-0.2, 0) is 6.54 Å². The molecular weight excluding hydrogens is 246 g/mol. The molecular formula is C17H23N3. The van der Waals surface area contributed by atoms with Crippen LogP contribution in [0.3, 0.4) is 0 Å². The smallest absolute Gasteiger partial charge is 0.0568 e. The summed E-state index contributed by atoms with van der Waals surface area (Å²) in [4.78, 5) is 0. The van der Waals surface area contributed by atoms with E-state index in [-0.39, 0.29) is 0 Å². The average molecular weight is 269 g/mol. The average Bonchev–Trinajstić information content (AvgIpc) is 3.16. The van der Waals surface area contributed by atoms with E-state index in [9.17, 15) is 0 Å². The molecule has 20 heavy (non-hydrogen) atoms. The third-order valence-corrected chi connectivity index (χ3v) is 4.09. The third-order valence-electron chi connectivity index (χ3n) is 4.09. The maximum absolute atomic E-state index is 4.45. The van der Waals surface area contributed by atoms with Gasteiger partial charge in [-0.3, -0.25) is 4.68 Å². The Morgan fingerprint density at radius 3 is 2.70 bits per heavy atom. The van der Waals surface area contributed by atoms with Crippen LogP contribution in [0.5, 0.6) is 0 Å². The summed E-state index contributed by atoms with van der Waals surface area (Å²) in [7, 11) is 0. The Morgan fingerprint density at radius 2 is 1.90 bits per heavy atom. The molecule has 3 rings (SSSR count). The molecule has 1 heterocycles.